The van der Waals surface area contributed by atoms with Crippen molar-refractivity contribution in [3.63, 3.8) is 0 Å². The van der Waals surface area contributed by atoms with Crippen LogP contribution in [0.4, 0.5) is 0 Å². The fourth-order valence-corrected chi connectivity index (χ4v) is 3.21. The van der Waals surface area contributed by atoms with Gasteiger partial charge in [-0.25, -0.2) is 4.79 Å². The van der Waals surface area contributed by atoms with E-state index in [-0.39, 0.29) is 13.4 Å². The summed E-state index contributed by atoms with van der Waals surface area (Å²) in [6.45, 7) is 9.85. The molecule has 0 unspecified atom stereocenters. The minimum Gasteiger partial charge on any atom is -0.476 e. The molecule has 0 spiro atoms. The summed E-state index contributed by atoms with van der Waals surface area (Å²) in [5, 5.41) is 0. The largest absolute Gasteiger partial charge is 0.476 e. The lowest BCUT2D eigenvalue weighted by molar-refractivity contribution is -0.138. The van der Waals surface area contributed by atoms with Crippen LogP contribution in [0, 0.1) is 23.7 Å². The molecule has 0 bridgehead atoms. The minimum absolute atomic E-state index is 0.187. The second-order valence-electron chi connectivity index (χ2n) is 7.73. The number of hydrogen-bond acceptors (Lipinski definition) is 4. The quantitative estimate of drug-likeness (QED) is 0.0962. The normalized spacial score (nSPS) is 9.69. The smallest absolute Gasteiger partial charge is 0.330 e. The second kappa shape index (κ2) is 14.0. The SMILES string of the molecule is C=COCOCc1ccc(C#Cc2ccc(C#Cc3ccc(COC(=O)C=C)cc3)cc2CC)cc1. The zero-order valence-electron chi connectivity index (χ0n) is 20.4. The van der Waals surface area contributed by atoms with Crippen LogP contribution in [0.1, 0.15) is 45.9 Å². The molecule has 0 saturated heterocycles. The maximum atomic E-state index is 11.2. The molecule has 0 amide bonds. The molecule has 0 aromatic heterocycles. The molecule has 3 aromatic rings. The predicted molar refractivity (Wildman–Crippen MR) is 142 cm³/mol. The van der Waals surface area contributed by atoms with Crippen LogP contribution in [0.5, 0.6) is 0 Å². The monoisotopic (exact) mass is 476 g/mol. The average Bonchev–Trinajstić information content (AvgIpc) is 2.93. The third-order valence-electron chi connectivity index (χ3n) is 5.17. The summed E-state index contributed by atoms with van der Waals surface area (Å²) in [6.07, 6.45) is 3.37. The van der Waals surface area contributed by atoms with Crippen LogP contribution in [0.25, 0.3) is 0 Å². The Kier molecular flexibility index (Phi) is 10.2. The molecule has 4 nitrogen and oxygen atoms in total. The maximum absolute atomic E-state index is 11.2. The van der Waals surface area contributed by atoms with E-state index in [0.717, 1.165) is 51.4 Å². The lowest BCUT2D eigenvalue weighted by Crippen LogP contribution is -1.99. The van der Waals surface area contributed by atoms with Crippen LogP contribution in [-0.4, -0.2) is 12.8 Å². The zero-order valence-corrected chi connectivity index (χ0v) is 20.4. The van der Waals surface area contributed by atoms with Crippen LogP contribution in [-0.2, 0) is 38.6 Å². The van der Waals surface area contributed by atoms with Crippen molar-refractivity contribution in [3.8, 4) is 23.7 Å². The van der Waals surface area contributed by atoms with Crippen molar-refractivity contribution >= 4 is 5.97 Å². The fourth-order valence-electron chi connectivity index (χ4n) is 3.21. The van der Waals surface area contributed by atoms with E-state index in [1.165, 1.54) is 6.26 Å². The Morgan fingerprint density at radius 1 is 0.806 bits per heavy atom. The highest BCUT2D eigenvalue weighted by Crippen LogP contribution is 2.13. The van der Waals surface area contributed by atoms with Crippen molar-refractivity contribution in [2.24, 2.45) is 0 Å². The highest BCUT2D eigenvalue weighted by atomic mass is 16.7. The third-order valence-corrected chi connectivity index (χ3v) is 5.17. The van der Waals surface area contributed by atoms with E-state index in [0.29, 0.717) is 6.61 Å². The van der Waals surface area contributed by atoms with E-state index in [4.69, 9.17) is 14.2 Å². The van der Waals surface area contributed by atoms with E-state index in [9.17, 15) is 4.79 Å². The number of ether oxygens (including phenoxy) is 3. The molecule has 0 aliphatic carbocycles. The van der Waals surface area contributed by atoms with Gasteiger partial charge >= 0.3 is 5.97 Å². The number of esters is 1. The van der Waals surface area contributed by atoms with Crippen molar-refractivity contribution < 1.29 is 19.0 Å². The summed E-state index contributed by atoms with van der Waals surface area (Å²) < 4.78 is 15.4. The molecule has 0 aliphatic rings. The first-order valence-corrected chi connectivity index (χ1v) is 11.6. The van der Waals surface area contributed by atoms with Gasteiger partial charge in [-0.05, 0) is 65.6 Å². The van der Waals surface area contributed by atoms with Crippen LogP contribution < -0.4 is 0 Å². The van der Waals surface area contributed by atoms with Gasteiger partial charge in [0.1, 0.15) is 6.61 Å². The lowest BCUT2D eigenvalue weighted by Gasteiger charge is -2.04. The van der Waals surface area contributed by atoms with Crippen LogP contribution in [0.3, 0.4) is 0 Å². The highest BCUT2D eigenvalue weighted by molar-refractivity contribution is 5.81. The highest BCUT2D eigenvalue weighted by Gasteiger charge is 2.01. The third kappa shape index (κ3) is 8.37. The lowest BCUT2D eigenvalue weighted by atomic mass is 10.0. The predicted octanol–water partition coefficient (Wildman–Crippen LogP) is 5.91. The van der Waals surface area contributed by atoms with Gasteiger partial charge in [-0.1, -0.05) is 68.0 Å². The zero-order chi connectivity index (χ0) is 25.6. The number of rotatable bonds is 9. The molecule has 0 heterocycles. The average molecular weight is 477 g/mol. The molecule has 0 N–H and O–H groups in total. The standard InChI is InChI=1S/C32H28O4/c1-4-30-21-27(12-7-25-10-15-29(16-11-25)23-36-32(33)5-2)18-20-31(30)19-17-26-8-13-28(14-9-26)22-35-24-34-6-3/h5-6,8-11,13-16,18,20-21H,2-4,22-24H2,1H3. The first kappa shape index (κ1) is 26.1. The Morgan fingerprint density at radius 3 is 2.00 bits per heavy atom. The van der Waals surface area contributed by atoms with E-state index >= 15 is 0 Å². The number of aryl methyl sites for hydroxylation is 1. The molecule has 180 valence electrons. The Morgan fingerprint density at radius 2 is 1.39 bits per heavy atom. The minimum atomic E-state index is -0.437. The molecule has 3 rings (SSSR count). The molecule has 4 heteroatoms. The van der Waals surface area contributed by atoms with Crippen LogP contribution >= 0.6 is 0 Å². The summed E-state index contributed by atoms with van der Waals surface area (Å²) in [4.78, 5) is 11.2. The van der Waals surface area contributed by atoms with Crippen molar-refractivity contribution in [3.05, 3.63) is 131 Å². The molecule has 0 saturated carbocycles. The molecule has 0 radical (unpaired) electrons. The second-order valence-corrected chi connectivity index (χ2v) is 7.73. The van der Waals surface area contributed by atoms with E-state index in [1.54, 1.807) is 0 Å². The van der Waals surface area contributed by atoms with Gasteiger partial charge in [-0.2, -0.15) is 0 Å². The molecule has 36 heavy (non-hydrogen) atoms. The topological polar surface area (TPSA) is 44.8 Å². The van der Waals surface area contributed by atoms with E-state index in [2.05, 4.69) is 49.8 Å². The molecule has 3 aromatic carbocycles. The van der Waals surface area contributed by atoms with Gasteiger partial charge in [0.25, 0.3) is 0 Å². The van der Waals surface area contributed by atoms with Gasteiger partial charge in [-0.3, -0.25) is 0 Å². The summed E-state index contributed by atoms with van der Waals surface area (Å²) in [5.74, 6) is 12.5. The summed E-state index contributed by atoms with van der Waals surface area (Å²) in [7, 11) is 0. The number of benzene rings is 3. The Bertz CT molecular complexity index is 1310. The van der Waals surface area contributed by atoms with Gasteiger partial charge in [0, 0.05) is 28.3 Å². The summed E-state index contributed by atoms with van der Waals surface area (Å²) >= 11 is 0. The van der Waals surface area contributed by atoms with Crippen molar-refractivity contribution in [1.29, 1.82) is 0 Å². The molecule has 0 aliphatic heterocycles. The Labute approximate surface area is 213 Å². The molecule has 0 atom stereocenters. The Balaban J connectivity index is 1.64. The van der Waals surface area contributed by atoms with Crippen molar-refractivity contribution in [2.75, 3.05) is 6.79 Å². The first-order valence-electron chi connectivity index (χ1n) is 11.6. The van der Waals surface area contributed by atoms with E-state index in [1.807, 2.05) is 60.7 Å². The van der Waals surface area contributed by atoms with Gasteiger partial charge in [0.05, 0.1) is 12.9 Å². The van der Waals surface area contributed by atoms with E-state index < -0.39 is 5.97 Å². The molecular weight excluding hydrogens is 448 g/mol. The number of carbonyl (C=O) groups is 1. The van der Waals surface area contributed by atoms with Gasteiger partial charge in [-0.15, -0.1) is 0 Å². The first-order chi connectivity index (χ1) is 17.6. The number of carbonyl (C=O) groups excluding carboxylic acids is 1. The van der Waals surface area contributed by atoms with Crippen molar-refractivity contribution in [2.45, 2.75) is 26.6 Å². The van der Waals surface area contributed by atoms with Gasteiger partial charge in [0.2, 0.25) is 0 Å². The van der Waals surface area contributed by atoms with Crippen LogP contribution in [0.2, 0.25) is 0 Å². The number of hydrogen-bond donors (Lipinski definition) is 0. The van der Waals surface area contributed by atoms with Gasteiger partial charge < -0.3 is 14.2 Å². The van der Waals surface area contributed by atoms with Crippen molar-refractivity contribution in [1.82, 2.24) is 0 Å². The summed E-state index contributed by atoms with van der Waals surface area (Å²) in [6, 6.07) is 21.7. The van der Waals surface area contributed by atoms with Crippen LogP contribution in [0.15, 0.2) is 92.2 Å². The molecule has 0 fully saturated rings. The molecular formula is C32H28O4. The Hall–Kier alpha value is -4.51. The fraction of sp³-hybridized carbons (Fsp3) is 0.156. The maximum Gasteiger partial charge on any atom is 0.330 e. The summed E-state index contributed by atoms with van der Waals surface area (Å²) in [5.41, 5.74) is 6.86. The van der Waals surface area contributed by atoms with Gasteiger partial charge in [0.15, 0.2) is 6.79 Å².